The van der Waals surface area contributed by atoms with Gasteiger partial charge >= 0.3 is 6.18 Å². The van der Waals surface area contributed by atoms with Crippen LogP contribution < -0.4 is 4.74 Å². The minimum atomic E-state index is -4.53. The molecule has 0 amide bonds. The van der Waals surface area contributed by atoms with Gasteiger partial charge in [0.1, 0.15) is 5.75 Å². The molecule has 3 rings (SSSR count). The lowest BCUT2D eigenvalue weighted by molar-refractivity contribution is -0.144. The number of hydrogen-bond acceptors (Lipinski definition) is 3. The molecule has 0 fully saturated rings. The Bertz CT molecular complexity index is 796. The van der Waals surface area contributed by atoms with Gasteiger partial charge in [0.05, 0.1) is 7.11 Å². The van der Waals surface area contributed by atoms with Crippen molar-refractivity contribution in [3.63, 3.8) is 0 Å². The number of rotatable bonds is 2. The van der Waals surface area contributed by atoms with Crippen LogP contribution in [-0.2, 0) is 6.18 Å². The third-order valence-corrected chi connectivity index (χ3v) is 3.06. The second-order valence-corrected chi connectivity index (χ2v) is 4.43. The number of methoxy groups -OCH3 is 1. The van der Waals surface area contributed by atoms with E-state index in [1.165, 1.54) is 0 Å². The van der Waals surface area contributed by atoms with Gasteiger partial charge in [0.25, 0.3) is 0 Å². The molecule has 2 aromatic carbocycles. The number of halogens is 3. The quantitative estimate of drug-likeness (QED) is 0.784. The molecule has 0 radical (unpaired) electrons. The molecule has 7 heteroatoms. The van der Waals surface area contributed by atoms with Gasteiger partial charge in [-0.25, -0.2) is 4.98 Å². The zero-order valence-electron chi connectivity index (χ0n) is 10.9. The SMILES string of the molecule is COc1ccc2cc(-c3n[nH]c(C(F)(F)F)n3)ccc2c1. The highest BCUT2D eigenvalue weighted by Gasteiger charge is 2.35. The molecule has 21 heavy (non-hydrogen) atoms. The number of hydrogen-bond donors (Lipinski definition) is 1. The highest BCUT2D eigenvalue weighted by molar-refractivity contribution is 5.87. The van der Waals surface area contributed by atoms with Gasteiger partial charge in [-0.3, -0.25) is 5.10 Å². The zero-order chi connectivity index (χ0) is 15.0. The third kappa shape index (κ3) is 2.54. The summed E-state index contributed by atoms with van der Waals surface area (Å²) in [5.74, 6) is -0.375. The molecule has 0 bridgehead atoms. The van der Waals surface area contributed by atoms with Crippen LogP contribution in [0.15, 0.2) is 36.4 Å². The fraction of sp³-hybridized carbons (Fsp3) is 0.143. The monoisotopic (exact) mass is 293 g/mol. The van der Waals surface area contributed by atoms with Gasteiger partial charge in [-0.15, -0.1) is 0 Å². The number of ether oxygens (including phenoxy) is 1. The van der Waals surface area contributed by atoms with Crippen LogP contribution in [0.4, 0.5) is 13.2 Å². The molecule has 0 saturated heterocycles. The molecular weight excluding hydrogens is 283 g/mol. The van der Waals surface area contributed by atoms with E-state index < -0.39 is 12.0 Å². The Morgan fingerprint density at radius 3 is 2.43 bits per heavy atom. The fourth-order valence-corrected chi connectivity index (χ4v) is 2.01. The Balaban J connectivity index is 2.03. The van der Waals surface area contributed by atoms with Crippen LogP contribution in [0.3, 0.4) is 0 Å². The maximum atomic E-state index is 12.5. The highest BCUT2D eigenvalue weighted by atomic mass is 19.4. The molecule has 0 aliphatic heterocycles. The molecule has 0 aliphatic rings. The summed E-state index contributed by atoms with van der Waals surface area (Å²) in [5.41, 5.74) is 0.513. The van der Waals surface area contributed by atoms with Gasteiger partial charge in [-0.1, -0.05) is 18.2 Å². The van der Waals surface area contributed by atoms with Crippen molar-refractivity contribution in [2.45, 2.75) is 6.18 Å². The van der Waals surface area contributed by atoms with E-state index in [1.54, 1.807) is 31.4 Å². The number of aromatic amines is 1. The van der Waals surface area contributed by atoms with Crippen molar-refractivity contribution in [1.82, 2.24) is 15.2 Å². The van der Waals surface area contributed by atoms with Gasteiger partial charge in [0.2, 0.25) is 5.82 Å². The Labute approximate surface area is 117 Å². The summed E-state index contributed by atoms with van der Waals surface area (Å²) >= 11 is 0. The minimum absolute atomic E-state index is 0.0139. The van der Waals surface area contributed by atoms with Gasteiger partial charge < -0.3 is 4.74 Å². The summed E-state index contributed by atoms with van der Waals surface area (Å²) in [6.07, 6.45) is -4.53. The second kappa shape index (κ2) is 4.76. The Morgan fingerprint density at radius 2 is 1.76 bits per heavy atom. The molecule has 4 nitrogen and oxygen atoms in total. The van der Waals surface area contributed by atoms with Crippen LogP contribution in [-0.4, -0.2) is 22.3 Å². The van der Waals surface area contributed by atoms with E-state index in [9.17, 15) is 13.2 Å². The average Bonchev–Trinajstić information content (AvgIpc) is 2.96. The van der Waals surface area contributed by atoms with Crippen molar-refractivity contribution in [2.75, 3.05) is 7.11 Å². The smallest absolute Gasteiger partial charge is 0.451 e. The molecule has 0 spiro atoms. The molecule has 1 heterocycles. The van der Waals surface area contributed by atoms with E-state index in [-0.39, 0.29) is 5.82 Å². The average molecular weight is 293 g/mol. The summed E-state index contributed by atoms with van der Waals surface area (Å²) in [6.45, 7) is 0. The number of fused-ring (bicyclic) bond motifs is 1. The lowest BCUT2D eigenvalue weighted by atomic mass is 10.1. The van der Waals surface area contributed by atoms with E-state index in [2.05, 4.69) is 10.1 Å². The van der Waals surface area contributed by atoms with Gasteiger partial charge in [0.15, 0.2) is 5.82 Å². The number of alkyl halides is 3. The first-order valence-corrected chi connectivity index (χ1v) is 6.05. The lowest BCUT2D eigenvalue weighted by Gasteiger charge is -2.04. The van der Waals surface area contributed by atoms with E-state index in [0.29, 0.717) is 11.3 Å². The van der Waals surface area contributed by atoms with Crippen molar-refractivity contribution in [3.05, 3.63) is 42.2 Å². The molecule has 108 valence electrons. The maximum Gasteiger partial charge on any atom is 0.451 e. The first-order valence-electron chi connectivity index (χ1n) is 6.05. The van der Waals surface area contributed by atoms with Crippen LogP contribution in [0.2, 0.25) is 0 Å². The molecule has 0 aliphatic carbocycles. The summed E-state index contributed by atoms with van der Waals surface area (Å²) in [7, 11) is 1.57. The fourth-order valence-electron chi connectivity index (χ4n) is 2.01. The van der Waals surface area contributed by atoms with Gasteiger partial charge in [0, 0.05) is 5.56 Å². The first-order chi connectivity index (χ1) is 9.97. The van der Waals surface area contributed by atoms with Crippen LogP contribution in [0.5, 0.6) is 5.75 Å². The Hall–Kier alpha value is -2.57. The lowest BCUT2D eigenvalue weighted by Crippen LogP contribution is -2.07. The van der Waals surface area contributed by atoms with E-state index in [4.69, 9.17) is 4.74 Å². The second-order valence-electron chi connectivity index (χ2n) is 4.43. The molecule has 0 unspecified atom stereocenters. The Morgan fingerprint density at radius 1 is 1.05 bits per heavy atom. The van der Waals surface area contributed by atoms with Crippen molar-refractivity contribution in [3.8, 4) is 17.1 Å². The number of nitrogens with zero attached hydrogens (tertiary/aromatic N) is 2. The zero-order valence-corrected chi connectivity index (χ0v) is 10.9. The maximum absolute atomic E-state index is 12.5. The van der Waals surface area contributed by atoms with Crippen molar-refractivity contribution < 1.29 is 17.9 Å². The van der Waals surface area contributed by atoms with Gasteiger partial charge in [-0.05, 0) is 29.0 Å². The normalized spacial score (nSPS) is 11.8. The summed E-state index contributed by atoms with van der Waals surface area (Å²) < 4.78 is 42.6. The number of benzene rings is 2. The standard InChI is InChI=1S/C14H10F3N3O/c1-21-11-5-4-8-6-10(3-2-9(8)7-11)12-18-13(20-19-12)14(15,16)17/h2-7H,1H3,(H,18,19,20). The molecule has 1 aromatic heterocycles. The van der Waals surface area contributed by atoms with E-state index >= 15 is 0 Å². The molecular formula is C14H10F3N3O. The summed E-state index contributed by atoms with van der Waals surface area (Å²) in [5, 5.41) is 7.31. The van der Waals surface area contributed by atoms with Crippen molar-refractivity contribution in [1.29, 1.82) is 0 Å². The molecule has 0 saturated carbocycles. The van der Waals surface area contributed by atoms with Crippen LogP contribution in [0.1, 0.15) is 5.82 Å². The Kier molecular flexibility index (Phi) is 3.04. The van der Waals surface area contributed by atoms with Crippen LogP contribution in [0.25, 0.3) is 22.2 Å². The predicted molar refractivity (Wildman–Crippen MR) is 70.9 cm³/mol. The summed E-state index contributed by atoms with van der Waals surface area (Å²) in [4.78, 5) is 3.48. The first kappa shape index (κ1) is 13.4. The topological polar surface area (TPSA) is 50.8 Å². The van der Waals surface area contributed by atoms with Crippen LogP contribution >= 0.6 is 0 Å². The minimum Gasteiger partial charge on any atom is -0.497 e. The number of nitrogens with one attached hydrogen (secondary N) is 1. The largest absolute Gasteiger partial charge is 0.497 e. The van der Waals surface area contributed by atoms with Gasteiger partial charge in [-0.2, -0.15) is 18.3 Å². The van der Waals surface area contributed by atoms with E-state index in [0.717, 1.165) is 10.8 Å². The number of H-pyrrole nitrogens is 1. The van der Waals surface area contributed by atoms with Crippen LogP contribution in [0, 0.1) is 0 Å². The molecule has 3 aromatic rings. The predicted octanol–water partition coefficient (Wildman–Crippen LogP) is 3.65. The molecule has 0 atom stereocenters. The number of aromatic nitrogens is 3. The highest BCUT2D eigenvalue weighted by Crippen LogP contribution is 2.29. The molecule has 1 N–H and O–H groups in total. The third-order valence-electron chi connectivity index (χ3n) is 3.06. The van der Waals surface area contributed by atoms with Crippen molar-refractivity contribution in [2.24, 2.45) is 0 Å². The van der Waals surface area contributed by atoms with Crippen molar-refractivity contribution >= 4 is 10.8 Å². The van der Waals surface area contributed by atoms with E-state index in [1.807, 2.05) is 17.2 Å². The summed E-state index contributed by atoms with van der Waals surface area (Å²) in [6, 6.07) is 10.7.